The minimum absolute atomic E-state index is 0.252. The van der Waals surface area contributed by atoms with Gasteiger partial charge in [0, 0.05) is 30.4 Å². The SMILES string of the molecule is C[C@H]1COCC[C@H]1NC1CC(N2C(=O)C(C)(C)C3=C2C=C(B2OC(C)(C)C(C)(C)O2)CC3)C1. The summed E-state index contributed by atoms with van der Waals surface area (Å²) >= 11 is 0. The van der Waals surface area contributed by atoms with Crippen LogP contribution >= 0.6 is 0 Å². The molecule has 0 unspecified atom stereocenters. The van der Waals surface area contributed by atoms with E-state index in [1.165, 1.54) is 5.57 Å². The predicted molar refractivity (Wildman–Crippen MR) is 129 cm³/mol. The molecule has 2 aliphatic carbocycles. The normalized spacial score (nSPS) is 37.2. The quantitative estimate of drug-likeness (QED) is 0.648. The summed E-state index contributed by atoms with van der Waals surface area (Å²) in [6.45, 7) is 16.5. The van der Waals surface area contributed by atoms with Crippen molar-refractivity contribution in [1.29, 1.82) is 0 Å². The lowest BCUT2D eigenvalue weighted by atomic mass is 9.70. The number of amides is 1. The third-order valence-electron chi connectivity index (χ3n) is 9.19. The molecule has 0 bridgehead atoms. The topological polar surface area (TPSA) is 60.0 Å². The van der Waals surface area contributed by atoms with E-state index >= 15 is 0 Å². The second-order valence-electron chi connectivity index (χ2n) is 12.4. The van der Waals surface area contributed by atoms with Gasteiger partial charge in [-0.05, 0) is 96.7 Å². The van der Waals surface area contributed by atoms with Gasteiger partial charge in [0.2, 0.25) is 5.91 Å². The van der Waals surface area contributed by atoms with Gasteiger partial charge in [0.25, 0.3) is 0 Å². The van der Waals surface area contributed by atoms with Crippen molar-refractivity contribution in [1.82, 2.24) is 10.2 Å². The van der Waals surface area contributed by atoms with Crippen LogP contribution in [0.3, 0.4) is 0 Å². The Morgan fingerprint density at radius 2 is 1.73 bits per heavy atom. The smallest absolute Gasteiger partial charge is 0.400 e. The molecule has 2 atom stereocenters. The molecule has 3 heterocycles. The molecule has 0 aromatic heterocycles. The van der Waals surface area contributed by atoms with Gasteiger partial charge in [-0.15, -0.1) is 0 Å². The molecule has 33 heavy (non-hydrogen) atoms. The lowest BCUT2D eigenvalue weighted by Crippen LogP contribution is -2.57. The summed E-state index contributed by atoms with van der Waals surface area (Å²) in [4.78, 5) is 15.7. The predicted octanol–water partition coefficient (Wildman–Crippen LogP) is 4.01. The van der Waals surface area contributed by atoms with Gasteiger partial charge in [0.15, 0.2) is 0 Å². The Kier molecular flexibility index (Phi) is 5.68. The summed E-state index contributed by atoms with van der Waals surface area (Å²) in [5, 5.41) is 3.85. The van der Waals surface area contributed by atoms with Gasteiger partial charge in [0.05, 0.1) is 23.2 Å². The van der Waals surface area contributed by atoms with Crippen LogP contribution < -0.4 is 5.32 Å². The highest BCUT2D eigenvalue weighted by atomic mass is 16.7. The van der Waals surface area contributed by atoms with Gasteiger partial charge < -0.3 is 24.3 Å². The molecule has 1 N–H and O–H groups in total. The average molecular weight is 456 g/mol. The Morgan fingerprint density at radius 3 is 2.36 bits per heavy atom. The number of hydrogen-bond donors (Lipinski definition) is 1. The summed E-state index contributed by atoms with van der Waals surface area (Å²) in [6.07, 6.45) is 7.11. The first-order valence-electron chi connectivity index (χ1n) is 12.9. The number of nitrogens with one attached hydrogen (secondary N) is 1. The van der Waals surface area contributed by atoms with Crippen molar-refractivity contribution in [2.75, 3.05) is 13.2 Å². The molecule has 6 nitrogen and oxygen atoms in total. The maximum Gasteiger partial charge on any atom is 0.490 e. The van der Waals surface area contributed by atoms with Crippen LogP contribution in [0.2, 0.25) is 0 Å². The first kappa shape index (κ1) is 23.6. The highest BCUT2D eigenvalue weighted by molar-refractivity contribution is 6.54. The van der Waals surface area contributed by atoms with Crippen LogP contribution in [0.25, 0.3) is 0 Å². The third-order valence-corrected chi connectivity index (χ3v) is 9.19. The second-order valence-corrected chi connectivity index (χ2v) is 12.4. The molecule has 1 amide bonds. The maximum atomic E-state index is 13.6. The molecule has 0 aromatic rings. The van der Waals surface area contributed by atoms with E-state index in [9.17, 15) is 4.79 Å². The molecule has 0 spiro atoms. The fourth-order valence-electron chi connectivity index (χ4n) is 6.03. The number of hydrogen-bond acceptors (Lipinski definition) is 5. The minimum Gasteiger partial charge on any atom is -0.400 e. The second kappa shape index (κ2) is 7.94. The first-order valence-corrected chi connectivity index (χ1v) is 12.9. The zero-order valence-electron chi connectivity index (χ0n) is 21.5. The van der Waals surface area contributed by atoms with E-state index in [0.29, 0.717) is 18.0 Å². The van der Waals surface area contributed by atoms with Crippen molar-refractivity contribution in [3.63, 3.8) is 0 Å². The van der Waals surface area contributed by atoms with Crippen LogP contribution in [-0.2, 0) is 18.8 Å². The van der Waals surface area contributed by atoms with Gasteiger partial charge >= 0.3 is 7.12 Å². The summed E-state index contributed by atoms with van der Waals surface area (Å²) in [6, 6.07) is 1.27. The number of allylic oxidation sites excluding steroid dienone is 2. The van der Waals surface area contributed by atoms with E-state index in [1.807, 2.05) is 0 Å². The Hall–Kier alpha value is -1.15. The number of ether oxygens (including phenoxy) is 1. The van der Waals surface area contributed by atoms with Crippen molar-refractivity contribution in [3.8, 4) is 0 Å². The van der Waals surface area contributed by atoms with Crippen molar-refractivity contribution in [2.24, 2.45) is 11.3 Å². The zero-order chi connectivity index (χ0) is 23.8. The van der Waals surface area contributed by atoms with Crippen molar-refractivity contribution < 1.29 is 18.8 Å². The minimum atomic E-state index is -0.430. The lowest BCUT2D eigenvalue weighted by molar-refractivity contribution is -0.137. The van der Waals surface area contributed by atoms with E-state index < -0.39 is 5.41 Å². The van der Waals surface area contributed by atoms with Gasteiger partial charge in [-0.1, -0.05) is 6.92 Å². The van der Waals surface area contributed by atoms with Crippen LogP contribution in [0.1, 0.15) is 80.6 Å². The standard InChI is InChI=1S/C26H41BN2O4/c1-16-15-31-11-10-21(16)28-18-13-19(14-18)29-22-12-17(8-9-20(22)24(2,3)23(29)30)27-32-25(4,5)26(6,7)33-27/h12,16,18-19,21,28H,8-11,13-15H2,1-7H3/t16-,18?,19?,21+/m0/s1. The molecule has 182 valence electrons. The lowest BCUT2D eigenvalue weighted by Gasteiger charge is -2.45. The van der Waals surface area contributed by atoms with Crippen molar-refractivity contribution in [3.05, 3.63) is 22.8 Å². The van der Waals surface area contributed by atoms with E-state index in [2.05, 4.69) is 64.8 Å². The first-order chi connectivity index (χ1) is 15.4. The molecular weight excluding hydrogens is 415 g/mol. The zero-order valence-corrected chi connectivity index (χ0v) is 21.5. The van der Waals surface area contributed by atoms with Gasteiger partial charge in [-0.25, -0.2) is 0 Å². The molecule has 0 radical (unpaired) electrons. The molecule has 3 aliphatic heterocycles. The summed E-state index contributed by atoms with van der Waals surface area (Å²) in [7, 11) is -0.337. The highest BCUT2D eigenvalue weighted by Gasteiger charge is 2.55. The highest BCUT2D eigenvalue weighted by Crippen LogP contribution is 2.50. The van der Waals surface area contributed by atoms with Gasteiger partial charge in [-0.2, -0.15) is 0 Å². The molecule has 0 aromatic carbocycles. The van der Waals surface area contributed by atoms with E-state index in [0.717, 1.165) is 56.5 Å². The fraction of sp³-hybridized carbons (Fsp3) is 0.808. The summed E-state index contributed by atoms with van der Waals surface area (Å²) < 4.78 is 18.3. The van der Waals surface area contributed by atoms with E-state index in [1.54, 1.807) is 0 Å². The number of nitrogens with zero attached hydrogens (tertiary/aromatic N) is 1. The van der Waals surface area contributed by atoms with Gasteiger partial charge in [-0.3, -0.25) is 4.79 Å². The Labute approximate surface area is 199 Å². The van der Waals surface area contributed by atoms with Gasteiger partial charge in [0.1, 0.15) is 0 Å². The third kappa shape index (κ3) is 3.83. The molecule has 7 heteroatoms. The molecular formula is C26H41BN2O4. The van der Waals surface area contributed by atoms with Crippen LogP contribution in [0.4, 0.5) is 0 Å². The monoisotopic (exact) mass is 456 g/mol. The molecule has 1 saturated carbocycles. The fourth-order valence-corrected chi connectivity index (χ4v) is 6.03. The van der Waals surface area contributed by atoms with Crippen LogP contribution in [0, 0.1) is 11.3 Å². The van der Waals surface area contributed by atoms with Crippen LogP contribution in [-0.4, -0.2) is 60.5 Å². The largest absolute Gasteiger partial charge is 0.490 e. The van der Waals surface area contributed by atoms with E-state index in [4.69, 9.17) is 14.0 Å². The Morgan fingerprint density at radius 1 is 1.06 bits per heavy atom. The molecule has 5 aliphatic rings. The van der Waals surface area contributed by atoms with Crippen molar-refractivity contribution in [2.45, 2.75) is 110 Å². The Balaban J connectivity index is 1.32. The maximum absolute atomic E-state index is 13.6. The number of carbonyl (C=O) groups is 1. The Bertz CT molecular complexity index is 871. The van der Waals surface area contributed by atoms with E-state index in [-0.39, 0.29) is 30.3 Å². The number of carbonyl (C=O) groups excluding carboxylic acids is 1. The molecule has 2 saturated heterocycles. The molecule has 5 rings (SSSR count). The van der Waals surface area contributed by atoms with Crippen molar-refractivity contribution >= 4 is 13.0 Å². The molecule has 3 fully saturated rings. The number of rotatable bonds is 4. The summed E-state index contributed by atoms with van der Waals surface area (Å²) in [5.41, 5.74) is 2.41. The van der Waals surface area contributed by atoms with Crippen LogP contribution in [0.5, 0.6) is 0 Å². The van der Waals surface area contributed by atoms with Crippen LogP contribution in [0.15, 0.2) is 22.8 Å². The average Bonchev–Trinajstić information content (AvgIpc) is 3.05. The summed E-state index contributed by atoms with van der Waals surface area (Å²) in [5.74, 6) is 0.796.